The molecular weight excluding hydrogens is 764 g/mol. The molecule has 2 aliphatic rings. The Kier molecular flexibility index (Phi) is 11.4. The molecule has 1 aliphatic heterocycles. The number of aliphatic hydroxyl groups excluding tert-OH is 3. The number of imidazole rings is 1. The highest BCUT2D eigenvalue weighted by Crippen LogP contribution is 2.38. The number of aliphatic hydroxyl groups is 3. The number of urea groups is 1. The van der Waals surface area contributed by atoms with Crippen LogP contribution in [0.3, 0.4) is 0 Å². The number of amides is 3. The second-order valence-corrected chi connectivity index (χ2v) is 15.7. The number of nitrogens with two attached hydrogens (primary N) is 1. The van der Waals surface area contributed by atoms with Crippen LogP contribution in [0.15, 0.2) is 96.2 Å². The first-order valence-corrected chi connectivity index (χ1v) is 19.8. The zero-order valence-corrected chi connectivity index (χ0v) is 31.5. The van der Waals surface area contributed by atoms with E-state index in [1.807, 2.05) is 41.3 Å². The summed E-state index contributed by atoms with van der Waals surface area (Å²) >= 11 is 6.19. The van der Waals surface area contributed by atoms with Gasteiger partial charge in [0.15, 0.2) is 17.0 Å². The van der Waals surface area contributed by atoms with E-state index in [0.717, 1.165) is 15.5 Å². The van der Waals surface area contributed by atoms with E-state index in [0.29, 0.717) is 49.0 Å². The first-order valence-electron chi connectivity index (χ1n) is 17.9. The number of primary sulfonamides is 1. The highest BCUT2D eigenvalue weighted by Gasteiger charge is 2.47. The molecule has 5 atom stereocenters. The first kappa shape index (κ1) is 38.9. The number of carbonyl (C=O) groups is 2. The predicted molar refractivity (Wildman–Crippen MR) is 208 cm³/mol. The van der Waals surface area contributed by atoms with Crippen LogP contribution in [0.5, 0.6) is 0 Å². The van der Waals surface area contributed by atoms with Gasteiger partial charge in [0, 0.05) is 49.1 Å². The molecular formula is C37H41ClN10O7S. The Balaban J connectivity index is 1.17. The summed E-state index contributed by atoms with van der Waals surface area (Å²) < 4.78 is 25.9. The number of nitrogens with one attached hydrogen (secondary N) is 3. The second-order valence-electron chi connectivity index (χ2n) is 13.8. The fraction of sp³-hybridized carbons (Fsp3) is 0.324. The van der Waals surface area contributed by atoms with Gasteiger partial charge in [-0.2, -0.15) is 9.97 Å². The van der Waals surface area contributed by atoms with Gasteiger partial charge in [-0.15, -0.1) is 0 Å². The molecule has 7 rings (SSSR count). The number of fused-ring (bicyclic) bond motifs is 1. The van der Waals surface area contributed by atoms with Crippen molar-refractivity contribution in [2.45, 2.75) is 54.0 Å². The summed E-state index contributed by atoms with van der Waals surface area (Å²) in [5.74, 6) is -0.140. The number of nitrogens with zero attached hydrogens (tertiary/aromatic N) is 6. The number of benzene rings is 3. The molecule has 3 aromatic carbocycles. The SMILES string of the molecule is NS(=O)(=O)c1cccc(NC(=O)N[C@@H]2CCN(c3nc(NCC(c4ccccc4)c4ccccc4)c4ncn([C@@H]5C[C@H](N(Cl)C(=O)CO)[C@@H](O)[C@H]5O)c4n3)C2)c1. The van der Waals surface area contributed by atoms with Crippen molar-refractivity contribution in [1.29, 1.82) is 0 Å². The van der Waals surface area contributed by atoms with Gasteiger partial charge in [0.05, 0.1) is 23.3 Å². The molecule has 0 bridgehead atoms. The Hall–Kier alpha value is -5.37. The molecule has 17 nitrogen and oxygen atoms in total. The molecule has 1 saturated carbocycles. The molecule has 8 N–H and O–H groups in total. The van der Waals surface area contributed by atoms with Crippen LogP contribution in [-0.2, 0) is 14.8 Å². The van der Waals surface area contributed by atoms with Crippen LogP contribution < -0.4 is 26.0 Å². The standard InChI is InChI=1S/C37H41ClN10O7S/c38-48(30(50)20-49)29-17-28(32(51)33(29)52)47-21-41-31-34(40-18-27(22-8-3-1-4-9-22)23-10-5-2-6-11-23)44-36(45-35(31)47)46-15-14-25(19-46)43-37(53)42-24-12-7-13-26(16-24)56(39,54)55/h1-13,16,21,25,27-29,32-33,49,51-52H,14-15,17-20H2,(H2,39,54,55)(H,40,44,45)(H2,42,43,53)/t25-,28-,29+,32+,33-/m1/s1. The lowest BCUT2D eigenvalue weighted by Gasteiger charge is -2.23. The van der Waals surface area contributed by atoms with Crippen LogP contribution in [-0.4, -0.2) is 110 Å². The van der Waals surface area contributed by atoms with E-state index in [4.69, 9.17) is 26.9 Å². The van der Waals surface area contributed by atoms with Crippen molar-refractivity contribution in [3.05, 3.63) is 102 Å². The normalized spacial score (nSPS) is 21.0. The van der Waals surface area contributed by atoms with Crippen LogP contribution in [0.25, 0.3) is 11.2 Å². The van der Waals surface area contributed by atoms with Crippen LogP contribution in [0, 0.1) is 0 Å². The minimum Gasteiger partial charge on any atom is -0.388 e. The van der Waals surface area contributed by atoms with Gasteiger partial charge >= 0.3 is 6.03 Å². The van der Waals surface area contributed by atoms with E-state index >= 15 is 0 Å². The summed E-state index contributed by atoms with van der Waals surface area (Å²) in [5, 5.41) is 45.8. The van der Waals surface area contributed by atoms with Gasteiger partial charge in [0.2, 0.25) is 16.0 Å². The Bertz CT molecular complexity index is 2260. The topological polar surface area (TPSA) is 241 Å². The highest BCUT2D eigenvalue weighted by molar-refractivity contribution is 7.89. The Labute approximate surface area is 327 Å². The molecule has 1 saturated heterocycles. The number of hydrogen-bond donors (Lipinski definition) is 7. The highest BCUT2D eigenvalue weighted by atomic mass is 35.5. The van der Waals surface area contributed by atoms with Gasteiger partial charge in [-0.25, -0.2) is 27.8 Å². The minimum atomic E-state index is -3.96. The average molecular weight is 805 g/mol. The van der Waals surface area contributed by atoms with Crippen LogP contribution in [0.4, 0.5) is 22.2 Å². The molecule has 5 aromatic rings. The van der Waals surface area contributed by atoms with Crippen molar-refractivity contribution < 1.29 is 33.3 Å². The molecule has 19 heteroatoms. The molecule has 2 fully saturated rings. The Morgan fingerprint density at radius 2 is 1.68 bits per heavy atom. The largest absolute Gasteiger partial charge is 0.388 e. The zero-order chi connectivity index (χ0) is 39.6. The van der Waals surface area contributed by atoms with E-state index in [-0.39, 0.29) is 29.0 Å². The van der Waals surface area contributed by atoms with Gasteiger partial charge < -0.3 is 40.7 Å². The number of anilines is 3. The van der Waals surface area contributed by atoms with Crippen LogP contribution >= 0.6 is 11.8 Å². The van der Waals surface area contributed by atoms with Crippen molar-refractivity contribution in [3.63, 3.8) is 0 Å². The number of aromatic nitrogens is 4. The van der Waals surface area contributed by atoms with Crippen LogP contribution in [0.2, 0.25) is 0 Å². The maximum absolute atomic E-state index is 13.0. The van der Waals surface area contributed by atoms with E-state index in [1.54, 1.807) is 10.6 Å². The Morgan fingerprint density at radius 1 is 0.982 bits per heavy atom. The molecule has 1 aliphatic carbocycles. The lowest BCUT2D eigenvalue weighted by atomic mass is 9.91. The molecule has 56 heavy (non-hydrogen) atoms. The van der Waals surface area contributed by atoms with Gasteiger partial charge in [-0.05, 0) is 42.2 Å². The number of carbonyl (C=O) groups excluding carboxylic acids is 2. The minimum absolute atomic E-state index is 0.0418. The molecule has 0 unspecified atom stereocenters. The maximum atomic E-state index is 13.0. The number of hydrogen-bond acceptors (Lipinski definition) is 12. The monoisotopic (exact) mass is 804 g/mol. The van der Waals surface area contributed by atoms with E-state index in [1.165, 1.54) is 24.5 Å². The first-order chi connectivity index (χ1) is 26.9. The summed E-state index contributed by atoms with van der Waals surface area (Å²) in [5.41, 5.74) is 3.18. The number of rotatable bonds is 12. The third kappa shape index (κ3) is 8.25. The maximum Gasteiger partial charge on any atom is 0.319 e. The summed E-state index contributed by atoms with van der Waals surface area (Å²) in [7, 11) is -3.96. The van der Waals surface area contributed by atoms with Gasteiger partial charge in [-0.1, -0.05) is 66.7 Å². The van der Waals surface area contributed by atoms with Crippen molar-refractivity contribution in [3.8, 4) is 0 Å². The third-order valence-electron chi connectivity index (χ3n) is 10.2. The fourth-order valence-electron chi connectivity index (χ4n) is 7.31. The van der Waals surface area contributed by atoms with Gasteiger partial charge in [0.1, 0.15) is 18.8 Å². The molecule has 294 valence electrons. The fourth-order valence-corrected chi connectivity index (χ4v) is 8.12. The van der Waals surface area contributed by atoms with Crippen LogP contribution in [0.1, 0.15) is 35.9 Å². The van der Waals surface area contributed by atoms with Crippen molar-refractivity contribution in [2.24, 2.45) is 5.14 Å². The van der Waals surface area contributed by atoms with Crippen molar-refractivity contribution in [2.75, 3.05) is 41.8 Å². The Morgan fingerprint density at radius 3 is 2.34 bits per heavy atom. The van der Waals surface area contributed by atoms with E-state index in [9.17, 15) is 33.3 Å². The van der Waals surface area contributed by atoms with E-state index < -0.39 is 52.9 Å². The summed E-state index contributed by atoms with van der Waals surface area (Å²) in [6, 6.07) is 23.1. The molecule has 2 aromatic heterocycles. The second kappa shape index (κ2) is 16.4. The van der Waals surface area contributed by atoms with E-state index in [2.05, 4.69) is 45.2 Å². The number of sulfonamides is 1. The third-order valence-corrected chi connectivity index (χ3v) is 11.5. The lowest BCUT2D eigenvalue weighted by Crippen LogP contribution is -2.42. The molecule has 3 heterocycles. The molecule has 0 radical (unpaired) electrons. The summed E-state index contributed by atoms with van der Waals surface area (Å²) in [6.07, 6.45) is -0.692. The van der Waals surface area contributed by atoms with Crippen molar-refractivity contribution >= 4 is 62.4 Å². The smallest absolute Gasteiger partial charge is 0.319 e. The summed E-state index contributed by atoms with van der Waals surface area (Å²) in [4.78, 5) is 41.4. The predicted octanol–water partition coefficient (Wildman–Crippen LogP) is 2.13. The van der Waals surface area contributed by atoms with Gasteiger partial charge in [-0.3, -0.25) is 4.79 Å². The quantitative estimate of drug-likeness (QED) is 0.0898. The summed E-state index contributed by atoms with van der Waals surface area (Å²) in [6.45, 7) is 0.372. The van der Waals surface area contributed by atoms with Gasteiger partial charge in [0.25, 0.3) is 5.91 Å². The molecule has 0 spiro atoms. The average Bonchev–Trinajstić information content (AvgIpc) is 3.92. The lowest BCUT2D eigenvalue weighted by molar-refractivity contribution is -0.132. The molecule has 3 amide bonds. The zero-order valence-electron chi connectivity index (χ0n) is 29.9. The number of halogens is 1. The van der Waals surface area contributed by atoms with Crippen molar-refractivity contribution in [1.82, 2.24) is 29.3 Å².